The second kappa shape index (κ2) is 10.1. The van der Waals surface area contributed by atoms with Gasteiger partial charge in [-0.3, -0.25) is 0 Å². The average molecular weight is 493 g/mol. The summed E-state index contributed by atoms with van der Waals surface area (Å²) in [6.07, 6.45) is -0.0670. The molecule has 0 saturated heterocycles. The van der Waals surface area contributed by atoms with Gasteiger partial charge in [-0.2, -0.15) is 18.2 Å². The van der Waals surface area contributed by atoms with E-state index in [9.17, 15) is 13.2 Å². The van der Waals surface area contributed by atoms with Gasteiger partial charge in [0.1, 0.15) is 5.56 Å². The fraction of sp³-hybridized carbons (Fsp3) is 0.474. The summed E-state index contributed by atoms with van der Waals surface area (Å²) < 4.78 is 46.3. The first-order valence-electron chi connectivity index (χ1n) is 8.97. The highest BCUT2D eigenvalue weighted by molar-refractivity contribution is 14.1. The van der Waals surface area contributed by atoms with Crippen LogP contribution in [0.5, 0.6) is 5.88 Å². The van der Waals surface area contributed by atoms with E-state index in [0.717, 1.165) is 34.7 Å². The van der Waals surface area contributed by atoms with Gasteiger partial charge >= 0.3 is 6.18 Å². The topological polar surface area (TPSA) is 38.2 Å². The Balaban J connectivity index is 2.31. The SMILES string of the molecule is CCCCCCOc1nc(N(CC)c2ccccc2I)ncc1C(F)(F)F. The third-order valence-corrected chi connectivity index (χ3v) is 4.90. The van der Waals surface area contributed by atoms with Crippen molar-refractivity contribution in [1.29, 1.82) is 0 Å². The van der Waals surface area contributed by atoms with Gasteiger partial charge in [-0.05, 0) is 48.1 Å². The molecule has 0 bridgehead atoms. The third kappa shape index (κ3) is 5.95. The number of nitrogens with zero attached hydrogens (tertiary/aromatic N) is 3. The minimum atomic E-state index is -4.56. The molecule has 0 spiro atoms. The lowest BCUT2D eigenvalue weighted by atomic mass is 10.2. The minimum Gasteiger partial charge on any atom is -0.477 e. The van der Waals surface area contributed by atoms with Crippen molar-refractivity contribution in [2.24, 2.45) is 0 Å². The normalized spacial score (nSPS) is 11.5. The molecule has 0 radical (unpaired) electrons. The Bertz CT molecular complexity index is 740. The molecular formula is C19H23F3IN3O. The monoisotopic (exact) mass is 493 g/mol. The van der Waals surface area contributed by atoms with Crippen molar-refractivity contribution < 1.29 is 17.9 Å². The van der Waals surface area contributed by atoms with Crippen LogP contribution >= 0.6 is 22.6 Å². The number of rotatable bonds is 9. The van der Waals surface area contributed by atoms with E-state index in [2.05, 4.69) is 39.5 Å². The molecule has 4 nitrogen and oxygen atoms in total. The Morgan fingerprint density at radius 3 is 2.48 bits per heavy atom. The third-order valence-electron chi connectivity index (χ3n) is 3.98. The number of alkyl halides is 3. The van der Waals surface area contributed by atoms with E-state index >= 15 is 0 Å². The highest BCUT2D eigenvalue weighted by Gasteiger charge is 2.36. The first-order valence-corrected chi connectivity index (χ1v) is 10.1. The van der Waals surface area contributed by atoms with E-state index in [0.29, 0.717) is 13.0 Å². The molecular weight excluding hydrogens is 470 g/mol. The number of halogens is 4. The maximum Gasteiger partial charge on any atom is 0.423 e. The van der Waals surface area contributed by atoms with Crippen LogP contribution in [0.15, 0.2) is 30.5 Å². The maximum absolute atomic E-state index is 13.3. The number of anilines is 2. The molecule has 2 rings (SSSR count). The predicted octanol–water partition coefficient (Wildman–Crippen LogP) is 6.22. The summed E-state index contributed by atoms with van der Waals surface area (Å²) in [6, 6.07) is 7.58. The summed E-state index contributed by atoms with van der Waals surface area (Å²) in [5.74, 6) is -0.216. The lowest BCUT2D eigenvalue weighted by Crippen LogP contribution is -2.21. The van der Waals surface area contributed by atoms with Gasteiger partial charge in [0, 0.05) is 16.3 Å². The molecule has 0 aliphatic rings. The zero-order valence-corrected chi connectivity index (χ0v) is 17.5. The fourth-order valence-electron chi connectivity index (χ4n) is 2.58. The second-order valence-electron chi connectivity index (χ2n) is 5.99. The molecule has 0 aliphatic carbocycles. The Morgan fingerprint density at radius 1 is 1.11 bits per heavy atom. The molecule has 0 N–H and O–H groups in total. The van der Waals surface area contributed by atoms with Crippen LogP contribution < -0.4 is 9.64 Å². The molecule has 0 unspecified atom stereocenters. The van der Waals surface area contributed by atoms with Crippen molar-refractivity contribution in [3.8, 4) is 5.88 Å². The molecule has 2 aromatic rings. The van der Waals surface area contributed by atoms with Crippen molar-refractivity contribution in [2.45, 2.75) is 45.7 Å². The maximum atomic E-state index is 13.3. The summed E-state index contributed by atoms with van der Waals surface area (Å²) >= 11 is 2.18. The zero-order chi connectivity index (χ0) is 19.9. The number of hydrogen-bond donors (Lipinski definition) is 0. The van der Waals surface area contributed by atoms with Gasteiger partial charge in [0.05, 0.1) is 12.3 Å². The average Bonchev–Trinajstić information content (AvgIpc) is 2.63. The molecule has 8 heteroatoms. The van der Waals surface area contributed by atoms with E-state index in [1.807, 2.05) is 31.2 Å². The van der Waals surface area contributed by atoms with Crippen molar-refractivity contribution in [3.63, 3.8) is 0 Å². The largest absolute Gasteiger partial charge is 0.477 e. The van der Waals surface area contributed by atoms with Crippen LogP contribution in [0, 0.1) is 3.57 Å². The molecule has 0 amide bonds. The van der Waals surface area contributed by atoms with E-state index in [4.69, 9.17) is 4.74 Å². The summed E-state index contributed by atoms with van der Waals surface area (Å²) in [5, 5.41) is 0. The Labute approximate surface area is 171 Å². The van der Waals surface area contributed by atoms with E-state index in [1.165, 1.54) is 0 Å². The van der Waals surface area contributed by atoms with Crippen LogP contribution in [0.2, 0.25) is 0 Å². The highest BCUT2D eigenvalue weighted by atomic mass is 127. The first-order chi connectivity index (χ1) is 12.9. The van der Waals surface area contributed by atoms with Crippen LogP contribution in [-0.2, 0) is 6.18 Å². The van der Waals surface area contributed by atoms with Crippen LogP contribution in [0.25, 0.3) is 0 Å². The number of benzene rings is 1. The van der Waals surface area contributed by atoms with Crippen LogP contribution in [0.3, 0.4) is 0 Å². The Hall–Kier alpha value is -1.58. The number of ether oxygens (including phenoxy) is 1. The van der Waals surface area contributed by atoms with Crippen molar-refractivity contribution >= 4 is 34.2 Å². The number of unbranched alkanes of at least 4 members (excludes halogenated alkanes) is 3. The van der Waals surface area contributed by atoms with Crippen molar-refractivity contribution in [1.82, 2.24) is 9.97 Å². The van der Waals surface area contributed by atoms with E-state index < -0.39 is 17.6 Å². The molecule has 0 fully saturated rings. The van der Waals surface area contributed by atoms with Gasteiger partial charge in [-0.1, -0.05) is 38.3 Å². The van der Waals surface area contributed by atoms with Crippen LogP contribution in [-0.4, -0.2) is 23.1 Å². The first kappa shape index (κ1) is 21.7. The van der Waals surface area contributed by atoms with Gasteiger partial charge in [0.15, 0.2) is 0 Å². The molecule has 27 heavy (non-hydrogen) atoms. The molecule has 1 aromatic carbocycles. The van der Waals surface area contributed by atoms with Gasteiger partial charge in [0.2, 0.25) is 11.8 Å². The van der Waals surface area contributed by atoms with Crippen molar-refractivity contribution in [2.75, 3.05) is 18.1 Å². The second-order valence-corrected chi connectivity index (χ2v) is 7.15. The molecule has 0 aliphatic heterocycles. The smallest absolute Gasteiger partial charge is 0.423 e. The van der Waals surface area contributed by atoms with Gasteiger partial charge in [-0.15, -0.1) is 0 Å². The lowest BCUT2D eigenvalue weighted by Gasteiger charge is -2.23. The molecule has 1 aromatic heterocycles. The predicted molar refractivity (Wildman–Crippen MR) is 109 cm³/mol. The van der Waals surface area contributed by atoms with E-state index in [-0.39, 0.29) is 12.6 Å². The van der Waals surface area contributed by atoms with Crippen LogP contribution in [0.1, 0.15) is 45.1 Å². The van der Waals surface area contributed by atoms with Gasteiger partial charge in [0.25, 0.3) is 0 Å². The molecule has 0 atom stereocenters. The number of hydrogen-bond acceptors (Lipinski definition) is 4. The zero-order valence-electron chi connectivity index (χ0n) is 15.4. The van der Waals surface area contributed by atoms with Crippen molar-refractivity contribution in [3.05, 3.63) is 39.6 Å². The van der Waals surface area contributed by atoms with Gasteiger partial charge < -0.3 is 9.64 Å². The van der Waals surface area contributed by atoms with E-state index in [1.54, 1.807) is 4.90 Å². The van der Waals surface area contributed by atoms with Gasteiger partial charge in [-0.25, -0.2) is 4.98 Å². The minimum absolute atomic E-state index is 0.193. The molecule has 148 valence electrons. The lowest BCUT2D eigenvalue weighted by molar-refractivity contribution is -0.139. The summed E-state index contributed by atoms with van der Waals surface area (Å²) in [4.78, 5) is 9.85. The summed E-state index contributed by atoms with van der Waals surface area (Å²) in [5.41, 5.74) is -0.102. The molecule has 0 saturated carbocycles. The number of para-hydroxylation sites is 1. The number of aromatic nitrogens is 2. The Kier molecular flexibility index (Phi) is 8.12. The molecule has 1 heterocycles. The Morgan fingerprint density at radius 2 is 1.85 bits per heavy atom. The summed E-state index contributed by atoms with van der Waals surface area (Å²) in [6.45, 7) is 4.69. The fourth-order valence-corrected chi connectivity index (χ4v) is 3.26. The van der Waals surface area contributed by atoms with Crippen LogP contribution in [0.4, 0.5) is 24.8 Å². The quantitative estimate of drug-likeness (QED) is 0.307. The summed E-state index contributed by atoms with van der Waals surface area (Å²) in [7, 11) is 0. The highest BCUT2D eigenvalue weighted by Crippen LogP contribution is 2.36. The standard InChI is InChI=1S/C19H23F3IN3O/c1-3-5-6-9-12-27-17-14(19(20,21)22)13-24-18(25-17)26(4-2)16-11-8-7-10-15(16)23/h7-8,10-11,13H,3-6,9,12H2,1-2H3.